The number of rotatable bonds is 10. The molecule has 1 fully saturated rings. The number of imidazole rings is 1. The average Bonchev–Trinajstić information content (AvgIpc) is 3.37. The predicted molar refractivity (Wildman–Crippen MR) is 104 cm³/mol. The second kappa shape index (κ2) is 10.5. The molecule has 1 aliphatic heterocycles. The summed E-state index contributed by atoms with van der Waals surface area (Å²) < 4.78 is 0. The molecule has 13 heteroatoms. The number of likely N-dealkylation sites (tertiary alicyclic amines) is 1. The molecular weight excluding hydrogens is 412 g/mol. The summed E-state index contributed by atoms with van der Waals surface area (Å²) in [6, 6.07) is -4.52. The van der Waals surface area contributed by atoms with Gasteiger partial charge >= 0.3 is 11.9 Å². The number of hydrogen-bond donors (Lipinski definition) is 6. The van der Waals surface area contributed by atoms with Crippen LogP contribution in [0.4, 0.5) is 0 Å². The lowest BCUT2D eigenvalue weighted by atomic mass is 10.1. The first-order valence-electron chi connectivity index (χ1n) is 9.68. The van der Waals surface area contributed by atoms with Crippen molar-refractivity contribution in [3.05, 3.63) is 18.2 Å². The number of aromatic nitrogens is 2. The molecule has 3 amide bonds. The number of nitrogens with two attached hydrogens (primary N) is 1. The number of nitrogens with one attached hydrogen (secondary N) is 3. The number of aliphatic carboxylic acids is 2. The van der Waals surface area contributed by atoms with Gasteiger partial charge in [-0.3, -0.25) is 19.2 Å². The first-order valence-corrected chi connectivity index (χ1v) is 9.68. The van der Waals surface area contributed by atoms with Crippen LogP contribution in [0.5, 0.6) is 0 Å². The van der Waals surface area contributed by atoms with Gasteiger partial charge in [-0.1, -0.05) is 0 Å². The van der Waals surface area contributed by atoms with Crippen molar-refractivity contribution in [3.63, 3.8) is 0 Å². The number of hydrogen-bond acceptors (Lipinski definition) is 7. The molecule has 0 aromatic carbocycles. The van der Waals surface area contributed by atoms with Gasteiger partial charge in [0.15, 0.2) is 0 Å². The molecule has 2 rings (SSSR count). The van der Waals surface area contributed by atoms with Crippen molar-refractivity contribution in [2.75, 3.05) is 6.54 Å². The molecule has 0 spiro atoms. The van der Waals surface area contributed by atoms with Crippen molar-refractivity contribution in [1.29, 1.82) is 0 Å². The number of carbonyl (C=O) groups excluding carboxylic acids is 3. The van der Waals surface area contributed by atoms with Gasteiger partial charge in [-0.15, -0.1) is 0 Å². The fraction of sp³-hybridized carbons (Fsp3) is 0.556. The molecule has 170 valence electrons. The molecule has 7 N–H and O–H groups in total. The van der Waals surface area contributed by atoms with Gasteiger partial charge in [0.1, 0.15) is 18.1 Å². The summed E-state index contributed by atoms with van der Waals surface area (Å²) in [5, 5.41) is 22.9. The molecule has 1 saturated heterocycles. The van der Waals surface area contributed by atoms with Gasteiger partial charge in [0.05, 0.1) is 18.8 Å². The molecule has 1 aromatic heterocycles. The molecule has 0 radical (unpaired) electrons. The maximum Gasteiger partial charge on any atom is 0.326 e. The zero-order valence-corrected chi connectivity index (χ0v) is 16.9. The largest absolute Gasteiger partial charge is 0.481 e. The molecule has 0 aliphatic carbocycles. The maximum atomic E-state index is 12.8. The molecule has 2 heterocycles. The Bertz CT molecular complexity index is 827. The maximum absolute atomic E-state index is 12.8. The van der Waals surface area contributed by atoms with E-state index >= 15 is 0 Å². The second-order valence-electron chi connectivity index (χ2n) is 7.30. The Morgan fingerprint density at radius 1 is 1.26 bits per heavy atom. The summed E-state index contributed by atoms with van der Waals surface area (Å²) in [4.78, 5) is 67.6. The Kier molecular flexibility index (Phi) is 8.07. The Hall–Kier alpha value is -3.48. The quantitative estimate of drug-likeness (QED) is 0.234. The third-order valence-corrected chi connectivity index (χ3v) is 4.89. The van der Waals surface area contributed by atoms with Crippen LogP contribution in [0.3, 0.4) is 0 Å². The highest BCUT2D eigenvalue weighted by Gasteiger charge is 2.37. The van der Waals surface area contributed by atoms with Crippen LogP contribution < -0.4 is 16.4 Å². The summed E-state index contributed by atoms with van der Waals surface area (Å²) in [7, 11) is 0. The van der Waals surface area contributed by atoms with E-state index in [0.717, 1.165) is 0 Å². The average molecular weight is 438 g/mol. The molecule has 0 saturated carbocycles. The number of nitrogens with zero attached hydrogens (tertiary/aromatic N) is 2. The third kappa shape index (κ3) is 6.50. The minimum absolute atomic E-state index is 0.0141. The topological polar surface area (TPSA) is 208 Å². The lowest BCUT2D eigenvalue weighted by molar-refractivity contribution is -0.149. The predicted octanol–water partition coefficient (Wildman–Crippen LogP) is -2.18. The van der Waals surface area contributed by atoms with Gasteiger partial charge in [-0.05, 0) is 19.8 Å². The molecular formula is C18H26N6O7. The van der Waals surface area contributed by atoms with Crippen LogP contribution in [-0.4, -0.2) is 85.5 Å². The Balaban J connectivity index is 2.07. The van der Waals surface area contributed by atoms with Crippen LogP contribution in [0, 0.1) is 0 Å². The van der Waals surface area contributed by atoms with E-state index in [1.165, 1.54) is 24.3 Å². The van der Waals surface area contributed by atoms with E-state index in [1.807, 2.05) is 0 Å². The molecule has 4 atom stereocenters. The van der Waals surface area contributed by atoms with Crippen LogP contribution in [0.15, 0.2) is 12.5 Å². The smallest absolute Gasteiger partial charge is 0.326 e. The Morgan fingerprint density at radius 2 is 1.97 bits per heavy atom. The lowest BCUT2D eigenvalue weighted by Gasteiger charge is -2.27. The van der Waals surface area contributed by atoms with E-state index < -0.39 is 60.2 Å². The summed E-state index contributed by atoms with van der Waals surface area (Å²) >= 11 is 0. The minimum Gasteiger partial charge on any atom is -0.481 e. The third-order valence-electron chi connectivity index (χ3n) is 4.89. The van der Waals surface area contributed by atoms with Crippen LogP contribution in [0.25, 0.3) is 0 Å². The zero-order valence-electron chi connectivity index (χ0n) is 16.9. The van der Waals surface area contributed by atoms with Crippen molar-refractivity contribution in [1.82, 2.24) is 25.5 Å². The van der Waals surface area contributed by atoms with Crippen molar-refractivity contribution < 1.29 is 34.2 Å². The van der Waals surface area contributed by atoms with Gasteiger partial charge in [0, 0.05) is 24.9 Å². The molecule has 0 bridgehead atoms. The van der Waals surface area contributed by atoms with Crippen molar-refractivity contribution in [3.8, 4) is 0 Å². The zero-order chi connectivity index (χ0) is 23.1. The van der Waals surface area contributed by atoms with Gasteiger partial charge in [0.25, 0.3) is 0 Å². The number of amides is 3. The number of carboxylic acids is 2. The summed E-state index contributed by atoms with van der Waals surface area (Å²) in [6.07, 6.45) is 3.07. The monoisotopic (exact) mass is 438 g/mol. The van der Waals surface area contributed by atoms with Crippen LogP contribution in [0.2, 0.25) is 0 Å². The first kappa shape index (κ1) is 23.8. The van der Waals surface area contributed by atoms with E-state index in [4.69, 9.17) is 10.8 Å². The number of carbonyl (C=O) groups is 5. The van der Waals surface area contributed by atoms with Crippen molar-refractivity contribution in [2.24, 2.45) is 5.73 Å². The van der Waals surface area contributed by atoms with E-state index in [2.05, 4.69) is 20.6 Å². The number of H-pyrrole nitrogens is 1. The Labute approximate surface area is 177 Å². The second-order valence-corrected chi connectivity index (χ2v) is 7.30. The lowest BCUT2D eigenvalue weighted by Crippen LogP contribution is -2.57. The SMILES string of the molecule is CC(NC(=O)C(Cc1cnc[nH]1)NC(=O)C(N)CC(=O)O)C(=O)N1CCCC1C(=O)O. The molecule has 13 nitrogen and oxygen atoms in total. The minimum atomic E-state index is -1.37. The summed E-state index contributed by atoms with van der Waals surface area (Å²) in [5.41, 5.74) is 6.07. The summed E-state index contributed by atoms with van der Waals surface area (Å²) in [6.45, 7) is 1.69. The fourth-order valence-corrected chi connectivity index (χ4v) is 3.30. The van der Waals surface area contributed by atoms with Gasteiger partial charge in [-0.2, -0.15) is 0 Å². The van der Waals surface area contributed by atoms with E-state index in [1.54, 1.807) is 0 Å². The van der Waals surface area contributed by atoms with E-state index in [9.17, 15) is 29.1 Å². The standard InChI is InChI=1S/C18H26N6O7/c1-9(17(29)24-4-2-3-13(24)18(30)31)22-16(28)12(5-10-7-20-8-21-10)23-15(27)11(19)6-14(25)26/h7-9,11-13H,2-6,19H2,1H3,(H,20,21)(H,22,28)(H,23,27)(H,25,26)(H,30,31). The molecule has 31 heavy (non-hydrogen) atoms. The van der Waals surface area contributed by atoms with Crippen molar-refractivity contribution in [2.45, 2.75) is 56.8 Å². The van der Waals surface area contributed by atoms with Crippen LogP contribution in [0.1, 0.15) is 31.9 Å². The van der Waals surface area contributed by atoms with Crippen LogP contribution in [-0.2, 0) is 30.4 Å². The highest BCUT2D eigenvalue weighted by atomic mass is 16.4. The normalized spacial score (nSPS) is 18.6. The van der Waals surface area contributed by atoms with Crippen LogP contribution >= 0.6 is 0 Å². The molecule has 1 aliphatic rings. The van der Waals surface area contributed by atoms with Gasteiger partial charge in [-0.25, -0.2) is 9.78 Å². The highest BCUT2D eigenvalue weighted by Crippen LogP contribution is 2.18. The van der Waals surface area contributed by atoms with E-state index in [0.29, 0.717) is 18.5 Å². The van der Waals surface area contributed by atoms with Crippen molar-refractivity contribution >= 4 is 29.7 Å². The molecule has 1 aromatic rings. The van der Waals surface area contributed by atoms with Gasteiger partial charge in [0.2, 0.25) is 17.7 Å². The summed E-state index contributed by atoms with van der Waals surface area (Å²) in [5.74, 6) is -4.48. The highest BCUT2D eigenvalue weighted by molar-refractivity contribution is 5.94. The number of carboxylic acid groups (broad SMARTS) is 2. The Morgan fingerprint density at radius 3 is 2.55 bits per heavy atom. The fourth-order valence-electron chi connectivity index (χ4n) is 3.30. The first-order chi connectivity index (χ1) is 14.6. The molecule has 4 unspecified atom stereocenters. The number of aromatic amines is 1. The van der Waals surface area contributed by atoms with E-state index in [-0.39, 0.29) is 13.0 Å². The van der Waals surface area contributed by atoms with Gasteiger partial charge < -0.3 is 36.5 Å².